The van der Waals surface area contributed by atoms with Crippen LogP contribution in [0.3, 0.4) is 0 Å². The van der Waals surface area contributed by atoms with Crippen molar-refractivity contribution in [3.63, 3.8) is 0 Å². The summed E-state index contributed by atoms with van der Waals surface area (Å²) < 4.78 is 33.0. The summed E-state index contributed by atoms with van der Waals surface area (Å²) in [4.78, 5) is 0. The maximum Gasteiger partial charge on any atom is 0.138 e. The Hall–Kier alpha value is -1.20. The second kappa shape index (κ2) is 7.18. The Labute approximate surface area is 131 Å². The van der Waals surface area contributed by atoms with Crippen molar-refractivity contribution in [3.8, 4) is 11.3 Å². The van der Waals surface area contributed by atoms with Crippen LogP contribution in [0.1, 0.15) is 26.0 Å². The van der Waals surface area contributed by atoms with Gasteiger partial charge in [-0.15, -0.1) is 0 Å². The van der Waals surface area contributed by atoms with Gasteiger partial charge in [-0.25, -0.2) is 8.78 Å². The van der Waals surface area contributed by atoms with Gasteiger partial charge in [-0.2, -0.15) is 0 Å². The maximum atomic E-state index is 13.9. The van der Waals surface area contributed by atoms with E-state index in [1.807, 2.05) is 6.07 Å². The van der Waals surface area contributed by atoms with Gasteiger partial charge < -0.3 is 9.73 Å². The second-order valence-corrected chi connectivity index (χ2v) is 5.92. The Balaban J connectivity index is 2.17. The van der Waals surface area contributed by atoms with Crippen molar-refractivity contribution in [1.29, 1.82) is 0 Å². The van der Waals surface area contributed by atoms with Gasteiger partial charge in [-0.3, -0.25) is 0 Å². The van der Waals surface area contributed by atoms with Gasteiger partial charge in [-0.05, 0) is 54.0 Å². The lowest BCUT2D eigenvalue weighted by Crippen LogP contribution is -2.28. The monoisotopic (exact) mass is 357 g/mol. The molecular weight excluding hydrogens is 340 g/mol. The van der Waals surface area contributed by atoms with Gasteiger partial charge in [0.05, 0.1) is 5.56 Å². The molecule has 2 nitrogen and oxygen atoms in total. The number of nitrogens with one attached hydrogen (secondary N) is 1. The van der Waals surface area contributed by atoms with Crippen LogP contribution in [0.25, 0.3) is 11.3 Å². The van der Waals surface area contributed by atoms with Crippen molar-refractivity contribution in [2.45, 2.75) is 32.7 Å². The molecule has 0 aliphatic rings. The fourth-order valence-corrected chi connectivity index (χ4v) is 2.77. The molecular formula is C16H18BrF2NO. The molecule has 0 aliphatic carbocycles. The summed E-state index contributed by atoms with van der Waals surface area (Å²) in [6, 6.07) is 5.91. The second-order valence-electron chi connectivity index (χ2n) is 5.07. The summed E-state index contributed by atoms with van der Waals surface area (Å²) >= 11 is 3.18. The number of benzene rings is 1. The van der Waals surface area contributed by atoms with Crippen molar-refractivity contribution in [1.82, 2.24) is 5.32 Å². The Morgan fingerprint density at radius 1 is 1.29 bits per heavy atom. The molecule has 1 aromatic carbocycles. The van der Waals surface area contributed by atoms with E-state index in [9.17, 15) is 8.78 Å². The van der Waals surface area contributed by atoms with Crippen LogP contribution in [0, 0.1) is 11.6 Å². The SMILES string of the molecule is CCCNC(C)Cc1ccc(-c2c(F)cc(F)cc2Br)o1. The molecule has 0 fully saturated rings. The predicted octanol–water partition coefficient (Wildman–Crippen LogP) is 4.92. The van der Waals surface area contributed by atoms with E-state index < -0.39 is 11.6 Å². The normalized spacial score (nSPS) is 12.6. The molecule has 1 atom stereocenters. The van der Waals surface area contributed by atoms with Gasteiger partial charge in [0.2, 0.25) is 0 Å². The van der Waals surface area contributed by atoms with Crippen molar-refractivity contribution in [3.05, 3.63) is 46.1 Å². The van der Waals surface area contributed by atoms with E-state index in [4.69, 9.17) is 4.42 Å². The zero-order valence-electron chi connectivity index (χ0n) is 12.1. The molecule has 0 bridgehead atoms. The number of halogens is 3. The fraction of sp³-hybridized carbons (Fsp3) is 0.375. The van der Waals surface area contributed by atoms with E-state index in [1.54, 1.807) is 6.07 Å². The summed E-state index contributed by atoms with van der Waals surface area (Å²) in [6.07, 6.45) is 1.79. The first-order chi connectivity index (χ1) is 10.0. The molecule has 21 heavy (non-hydrogen) atoms. The molecule has 0 aliphatic heterocycles. The largest absolute Gasteiger partial charge is 0.461 e. The van der Waals surface area contributed by atoms with Crippen LogP contribution in [-0.4, -0.2) is 12.6 Å². The van der Waals surface area contributed by atoms with Crippen LogP contribution in [0.4, 0.5) is 8.78 Å². The van der Waals surface area contributed by atoms with Crippen LogP contribution in [0.5, 0.6) is 0 Å². The van der Waals surface area contributed by atoms with E-state index in [1.165, 1.54) is 6.07 Å². The van der Waals surface area contributed by atoms with Crippen molar-refractivity contribution in [2.24, 2.45) is 0 Å². The minimum Gasteiger partial charge on any atom is -0.461 e. The first-order valence-corrected chi connectivity index (χ1v) is 7.77. The van der Waals surface area contributed by atoms with E-state index in [-0.39, 0.29) is 11.6 Å². The molecule has 1 unspecified atom stereocenters. The Morgan fingerprint density at radius 2 is 2.05 bits per heavy atom. The molecule has 2 aromatic rings. The van der Waals surface area contributed by atoms with Crippen molar-refractivity contribution < 1.29 is 13.2 Å². The van der Waals surface area contributed by atoms with Crippen LogP contribution < -0.4 is 5.32 Å². The molecule has 1 aromatic heterocycles. The average Bonchev–Trinajstić information content (AvgIpc) is 2.83. The van der Waals surface area contributed by atoms with E-state index in [0.29, 0.717) is 10.2 Å². The summed E-state index contributed by atoms with van der Waals surface area (Å²) in [5, 5.41) is 3.37. The average molecular weight is 358 g/mol. The zero-order valence-corrected chi connectivity index (χ0v) is 13.6. The molecule has 0 radical (unpaired) electrons. The molecule has 1 N–H and O–H groups in total. The molecule has 0 saturated carbocycles. The molecule has 0 spiro atoms. The van der Waals surface area contributed by atoms with Gasteiger partial charge in [0, 0.05) is 23.0 Å². The molecule has 1 heterocycles. The van der Waals surface area contributed by atoms with Crippen LogP contribution in [-0.2, 0) is 6.42 Å². The first kappa shape index (κ1) is 16.2. The number of hydrogen-bond acceptors (Lipinski definition) is 2. The minimum absolute atomic E-state index is 0.247. The zero-order chi connectivity index (χ0) is 15.4. The highest BCUT2D eigenvalue weighted by atomic mass is 79.9. The summed E-state index contributed by atoms with van der Waals surface area (Å²) in [7, 11) is 0. The summed E-state index contributed by atoms with van der Waals surface area (Å²) in [5.41, 5.74) is 0.247. The smallest absolute Gasteiger partial charge is 0.138 e. The maximum absolute atomic E-state index is 13.9. The van der Waals surface area contributed by atoms with Crippen LogP contribution in [0.15, 0.2) is 33.2 Å². The van der Waals surface area contributed by atoms with E-state index in [2.05, 4.69) is 35.1 Å². The molecule has 5 heteroatoms. The van der Waals surface area contributed by atoms with Crippen molar-refractivity contribution >= 4 is 15.9 Å². The highest BCUT2D eigenvalue weighted by Gasteiger charge is 2.16. The Morgan fingerprint density at radius 3 is 2.71 bits per heavy atom. The third-order valence-electron chi connectivity index (χ3n) is 3.17. The van der Waals surface area contributed by atoms with Gasteiger partial charge in [0.25, 0.3) is 0 Å². The van der Waals surface area contributed by atoms with Gasteiger partial charge >= 0.3 is 0 Å². The molecule has 114 valence electrons. The number of hydrogen-bond donors (Lipinski definition) is 1. The topological polar surface area (TPSA) is 25.2 Å². The van der Waals surface area contributed by atoms with Crippen LogP contribution >= 0.6 is 15.9 Å². The standard InChI is InChI=1S/C16H18BrF2NO/c1-3-6-20-10(2)7-12-4-5-15(21-12)16-13(17)8-11(18)9-14(16)19/h4-5,8-10,20H,3,6-7H2,1-2H3. The van der Waals surface area contributed by atoms with Gasteiger partial charge in [-0.1, -0.05) is 6.92 Å². The third kappa shape index (κ3) is 4.14. The quantitative estimate of drug-likeness (QED) is 0.793. The minimum atomic E-state index is -0.639. The Bertz CT molecular complexity index is 589. The number of rotatable bonds is 6. The lowest BCUT2D eigenvalue weighted by molar-refractivity contribution is 0.462. The van der Waals surface area contributed by atoms with E-state index in [0.717, 1.165) is 31.2 Å². The lowest BCUT2D eigenvalue weighted by Gasteiger charge is -2.11. The molecule has 2 rings (SSSR count). The highest BCUT2D eigenvalue weighted by molar-refractivity contribution is 9.10. The molecule has 0 saturated heterocycles. The third-order valence-corrected chi connectivity index (χ3v) is 3.79. The highest BCUT2D eigenvalue weighted by Crippen LogP contribution is 2.33. The lowest BCUT2D eigenvalue weighted by atomic mass is 10.1. The Kier molecular flexibility index (Phi) is 5.53. The van der Waals surface area contributed by atoms with Gasteiger partial charge in [0.15, 0.2) is 0 Å². The first-order valence-electron chi connectivity index (χ1n) is 6.98. The molecule has 0 amide bonds. The summed E-state index contributed by atoms with van der Waals surface area (Å²) in [5.74, 6) is -0.0824. The fourth-order valence-electron chi connectivity index (χ4n) is 2.16. The predicted molar refractivity (Wildman–Crippen MR) is 83.2 cm³/mol. The van der Waals surface area contributed by atoms with Gasteiger partial charge in [0.1, 0.15) is 23.2 Å². The van der Waals surface area contributed by atoms with E-state index >= 15 is 0 Å². The van der Waals surface area contributed by atoms with Crippen molar-refractivity contribution in [2.75, 3.05) is 6.54 Å². The van der Waals surface area contributed by atoms with Crippen LogP contribution in [0.2, 0.25) is 0 Å². The number of furan rings is 1. The summed E-state index contributed by atoms with van der Waals surface area (Å²) in [6.45, 7) is 5.14.